The smallest absolute Gasteiger partial charge is 0.0468 e. The first kappa shape index (κ1) is 30.6. The van der Waals surface area contributed by atoms with E-state index in [9.17, 15) is 0 Å². The van der Waals surface area contributed by atoms with Crippen LogP contribution in [0.4, 0.5) is 17.1 Å². The fourth-order valence-electron chi connectivity index (χ4n) is 13.4. The van der Waals surface area contributed by atoms with E-state index in [4.69, 9.17) is 0 Å². The number of fused-ring (bicyclic) bond motifs is 9. The predicted molar refractivity (Wildman–Crippen MR) is 219 cm³/mol. The average molecular weight is 686 g/mol. The zero-order chi connectivity index (χ0) is 34.7. The van der Waals surface area contributed by atoms with Crippen LogP contribution in [0.15, 0.2) is 140 Å². The number of hydrogen-bond donors (Lipinski definition) is 0. The number of rotatable bonds is 4. The summed E-state index contributed by atoms with van der Waals surface area (Å²) in [6, 6.07) is 54.1. The van der Waals surface area contributed by atoms with Crippen molar-refractivity contribution in [2.24, 2.45) is 23.7 Å². The van der Waals surface area contributed by atoms with Crippen LogP contribution in [-0.4, -0.2) is 0 Å². The molecular formula is C52H47N. The molecule has 5 atom stereocenters. The molecule has 1 nitrogen and oxygen atoms in total. The van der Waals surface area contributed by atoms with Gasteiger partial charge in [-0.25, -0.2) is 0 Å². The molecule has 0 saturated heterocycles. The summed E-state index contributed by atoms with van der Waals surface area (Å²) < 4.78 is 0. The highest BCUT2D eigenvalue weighted by Crippen LogP contribution is 2.68. The molecule has 13 rings (SSSR count). The minimum absolute atomic E-state index is 0.168. The molecule has 0 N–H and O–H groups in total. The molecule has 5 unspecified atom stereocenters. The third kappa shape index (κ3) is 4.20. The lowest BCUT2D eigenvalue weighted by molar-refractivity contribution is 0.0618. The first-order valence-electron chi connectivity index (χ1n) is 20.7. The summed E-state index contributed by atoms with van der Waals surface area (Å²) in [6.45, 7) is 0. The molecule has 0 radical (unpaired) electrons. The van der Waals surface area contributed by atoms with E-state index in [0.717, 1.165) is 23.7 Å². The molecule has 260 valence electrons. The Morgan fingerprint density at radius 1 is 0.415 bits per heavy atom. The maximum Gasteiger partial charge on any atom is 0.0468 e. The number of nitrogens with zero attached hydrogens (tertiary/aromatic N) is 1. The number of benzene rings is 6. The monoisotopic (exact) mass is 685 g/mol. The fraction of sp³-hybridized carbons (Fsp3) is 0.308. The van der Waals surface area contributed by atoms with E-state index in [1.165, 1.54) is 115 Å². The summed E-state index contributed by atoms with van der Waals surface area (Å²) in [5.41, 5.74) is 18.7. The molecule has 0 aliphatic heterocycles. The normalized spacial score (nSPS) is 26.3. The zero-order valence-corrected chi connectivity index (χ0v) is 30.6. The van der Waals surface area contributed by atoms with Gasteiger partial charge in [0.1, 0.15) is 0 Å². The number of hydrogen-bond acceptors (Lipinski definition) is 1. The maximum atomic E-state index is 2.59. The maximum absolute atomic E-state index is 2.59. The van der Waals surface area contributed by atoms with Crippen molar-refractivity contribution in [3.05, 3.63) is 162 Å². The van der Waals surface area contributed by atoms with Gasteiger partial charge in [0.25, 0.3) is 0 Å². The van der Waals surface area contributed by atoms with Crippen LogP contribution in [-0.2, 0) is 10.8 Å². The van der Waals surface area contributed by atoms with Crippen molar-refractivity contribution in [1.29, 1.82) is 0 Å². The quantitative estimate of drug-likeness (QED) is 0.179. The van der Waals surface area contributed by atoms with E-state index in [2.05, 4.69) is 144 Å². The highest BCUT2D eigenvalue weighted by atomic mass is 15.1. The van der Waals surface area contributed by atoms with E-state index < -0.39 is 0 Å². The number of anilines is 3. The molecule has 53 heavy (non-hydrogen) atoms. The molecule has 5 fully saturated rings. The Labute approximate surface area is 314 Å². The van der Waals surface area contributed by atoms with Gasteiger partial charge in [0.2, 0.25) is 0 Å². The van der Waals surface area contributed by atoms with Gasteiger partial charge >= 0.3 is 0 Å². The molecule has 1 heteroatoms. The van der Waals surface area contributed by atoms with Crippen molar-refractivity contribution in [2.45, 2.75) is 75.0 Å². The van der Waals surface area contributed by atoms with Crippen molar-refractivity contribution >= 4 is 17.1 Å². The van der Waals surface area contributed by atoms with Gasteiger partial charge < -0.3 is 4.90 Å². The van der Waals surface area contributed by atoms with E-state index in [1.54, 1.807) is 22.3 Å². The van der Waals surface area contributed by atoms with E-state index in [-0.39, 0.29) is 10.8 Å². The summed E-state index contributed by atoms with van der Waals surface area (Å²) in [6.07, 6.45) is 13.7. The largest absolute Gasteiger partial charge is 0.310 e. The van der Waals surface area contributed by atoms with E-state index >= 15 is 0 Å². The third-order valence-corrected chi connectivity index (χ3v) is 15.3. The van der Waals surface area contributed by atoms with Gasteiger partial charge in [-0.15, -0.1) is 0 Å². The molecule has 2 spiro atoms. The standard InChI is InChI=1S/C52H47N/c1-2-11-36(12-3-1)37-13-10-14-40(31-37)53(41-21-23-48-45(32-41)43-15-4-6-17-47(43)51(48)25-8-9-26-51)42-22-24-50-46(33-42)44-16-5-7-18-49(44)52(50)38-20-19-34-27-35(29-38)30-39(52)28-34/h1-7,10-18,21-24,31-35,38-39H,8-9,19-20,25-30H2. The molecule has 7 aliphatic carbocycles. The Balaban J connectivity index is 1.06. The second-order valence-electron chi connectivity index (χ2n) is 17.6. The SMILES string of the molecule is c1ccc(-c2cccc(N(c3ccc4c(c3)-c3ccccc3C43CCCC3)c3ccc4c(c3)-c3ccccc3C43C4CCC5CC(C4)CC3C5)c2)cc1. The summed E-state index contributed by atoms with van der Waals surface area (Å²) in [4.78, 5) is 2.56. The van der Waals surface area contributed by atoms with Gasteiger partial charge in [-0.05, 0) is 161 Å². The Morgan fingerprint density at radius 3 is 1.81 bits per heavy atom. The summed E-state index contributed by atoms with van der Waals surface area (Å²) >= 11 is 0. The lowest BCUT2D eigenvalue weighted by Gasteiger charge is -2.53. The minimum Gasteiger partial charge on any atom is -0.310 e. The Hall–Kier alpha value is -4.88. The van der Waals surface area contributed by atoms with Crippen LogP contribution in [0.5, 0.6) is 0 Å². The van der Waals surface area contributed by atoms with Gasteiger partial charge in [-0.3, -0.25) is 0 Å². The lowest BCUT2D eigenvalue weighted by Crippen LogP contribution is -2.48. The highest BCUT2D eigenvalue weighted by Gasteiger charge is 2.59. The Morgan fingerprint density at radius 2 is 1.00 bits per heavy atom. The van der Waals surface area contributed by atoms with Gasteiger partial charge in [0.15, 0.2) is 0 Å². The summed E-state index contributed by atoms with van der Waals surface area (Å²) in [5.74, 6) is 3.39. The molecule has 0 amide bonds. The summed E-state index contributed by atoms with van der Waals surface area (Å²) in [7, 11) is 0. The van der Waals surface area contributed by atoms with Crippen LogP contribution in [0.3, 0.4) is 0 Å². The van der Waals surface area contributed by atoms with Crippen molar-refractivity contribution in [1.82, 2.24) is 0 Å². The van der Waals surface area contributed by atoms with Gasteiger partial charge in [0, 0.05) is 27.9 Å². The van der Waals surface area contributed by atoms with Crippen LogP contribution < -0.4 is 4.90 Å². The van der Waals surface area contributed by atoms with Crippen molar-refractivity contribution in [3.63, 3.8) is 0 Å². The first-order valence-corrected chi connectivity index (χ1v) is 20.7. The van der Waals surface area contributed by atoms with Crippen LogP contribution >= 0.6 is 0 Å². The van der Waals surface area contributed by atoms with E-state index in [0.29, 0.717) is 0 Å². The Kier molecular flexibility index (Phi) is 6.53. The molecule has 6 aromatic carbocycles. The molecule has 6 aromatic rings. The second-order valence-corrected chi connectivity index (χ2v) is 17.6. The zero-order valence-electron chi connectivity index (χ0n) is 30.6. The van der Waals surface area contributed by atoms with Crippen molar-refractivity contribution in [2.75, 3.05) is 4.90 Å². The van der Waals surface area contributed by atoms with Crippen LogP contribution in [0, 0.1) is 23.7 Å². The van der Waals surface area contributed by atoms with Gasteiger partial charge in [-0.2, -0.15) is 0 Å². The average Bonchev–Trinajstić information content (AvgIpc) is 3.84. The minimum atomic E-state index is 0.168. The predicted octanol–water partition coefficient (Wildman–Crippen LogP) is 13.8. The van der Waals surface area contributed by atoms with Crippen molar-refractivity contribution in [3.8, 4) is 33.4 Å². The molecular weight excluding hydrogens is 639 g/mol. The van der Waals surface area contributed by atoms with Gasteiger partial charge in [-0.1, -0.05) is 122 Å². The lowest BCUT2D eigenvalue weighted by atomic mass is 9.51. The molecule has 0 heterocycles. The fourth-order valence-corrected chi connectivity index (χ4v) is 13.4. The van der Waals surface area contributed by atoms with E-state index in [1.807, 2.05) is 0 Å². The topological polar surface area (TPSA) is 3.24 Å². The van der Waals surface area contributed by atoms with Crippen LogP contribution in [0.2, 0.25) is 0 Å². The summed E-state index contributed by atoms with van der Waals surface area (Å²) in [5, 5.41) is 0. The molecule has 0 aromatic heterocycles. The van der Waals surface area contributed by atoms with Gasteiger partial charge in [0.05, 0.1) is 0 Å². The highest BCUT2D eigenvalue weighted by molar-refractivity contribution is 5.90. The molecule has 4 bridgehead atoms. The van der Waals surface area contributed by atoms with Crippen LogP contribution in [0.1, 0.15) is 86.5 Å². The molecule has 5 saturated carbocycles. The third-order valence-electron chi connectivity index (χ3n) is 15.3. The Bertz CT molecular complexity index is 2400. The van der Waals surface area contributed by atoms with Crippen molar-refractivity contribution < 1.29 is 0 Å². The van der Waals surface area contributed by atoms with Crippen LogP contribution in [0.25, 0.3) is 33.4 Å². The second kappa shape index (κ2) is 11.3. The molecule has 7 aliphatic rings. The first-order chi connectivity index (χ1) is 26.2.